The lowest BCUT2D eigenvalue weighted by Crippen LogP contribution is -2.04. The van der Waals surface area contributed by atoms with E-state index in [1.165, 1.54) is 16.8 Å². The number of nitrogens with zero attached hydrogens (tertiary/aromatic N) is 1. The van der Waals surface area contributed by atoms with Crippen molar-refractivity contribution in [3.63, 3.8) is 0 Å². The van der Waals surface area contributed by atoms with Gasteiger partial charge >= 0.3 is 0 Å². The van der Waals surface area contributed by atoms with Crippen molar-refractivity contribution in [2.45, 2.75) is 13.5 Å². The minimum absolute atomic E-state index is 0.896. The Morgan fingerprint density at radius 2 is 2.07 bits per heavy atom. The average Bonchev–Trinajstić information content (AvgIpc) is 2.63. The first kappa shape index (κ1) is 9.93. The summed E-state index contributed by atoms with van der Waals surface area (Å²) in [6.45, 7) is 2.99. The predicted molar refractivity (Wildman–Crippen MR) is 61.5 cm³/mol. The Labute approximate surface area is 89.6 Å². The number of aromatic amines is 1. The molecular weight excluding hydrogens is 186 g/mol. The van der Waals surface area contributed by atoms with Crippen molar-refractivity contribution in [1.29, 1.82) is 0 Å². The Kier molecular flexibility index (Phi) is 2.83. The van der Waals surface area contributed by atoms with E-state index in [4.69, 9.17) is 0 Å². The molecule has 0 amide bonds. The highest BCUT2D eigenvalue weighted by molar-refractivity contribution is 5.60. The first-order chi connectivity index (χ1) is 7.31. The largest absolute Gasteiger partial charge is 0.358 e. The minimum Gasteiger partial charge on any atom is -0.358 e. The van der Waals surface area contributed by atoms with Crippen molar-refractivity contribution >= 4 is 0 Å². The summed E-state index contributed by atoms with van der Waals surface area (Å²) in [5.41, 5.74) is 4.86. The van der Waals surface area contributed by atoms with Gasteiger partial charge in [0, 0.05) is 35.9 Å². The van der Waals surface area contributed by atoms with Crippen LogP contribution in [0, 0.1) is 6.92 Å². The molecule has 0 spiro atoms. The summed E-state index contributed by atoms with van der Waals surface area (Å²) in [7, 11) is 1.96. The third-order valence-corrected chi connectivity index (χ3v) is 2.48. The van der Waals surface area contributed by atoms with Gasteiger partial charge < -0.3 is 10.3 Å². The molecule has 0 atom stereocenters. The average molecular weight is 201 g/mol. The van der Waals surface area contributed by atoms with Gasteiger partial charge in [0.2, 0.25) is 0 Å². The molecule has 2 aromatic rings. The fourth-order valence-corrected chi connectivity index (χ4v) is 1.66. The van der Waals surface area contributed by atoms with Gasteiger partial charge in [-0.2, -0.15) is 0 Å². The van der Waals surface area contributed by atoms with Gasteiger partial charge in [-0.15, -0.1) is 0 Å². The Bertz CT molecular complexity index is 431. The summed E-state index contributed by atoms with van der Waals surface area (Å²) < 4.78 is 0. The van der Waals surface area contributed by atoms with Gasteiger partial charge in [-0.1, -0.05) is 0 Å². The Morgan fingerprint density at radius 3 is 2.73 bits per heavy atom. The number of aryl methyl sites for hydroxylation is 1. The highest BCUT2D eigenvalue weighted by atomic mass is 14.8. The quantitative estimate of drug-likeness (QED) is 0.798. The second-order valence-corrected chi connectivity index (χ2v) is 3.60. The number of H-pyrrole nitrogens is 1. The summed E-state index contributed by atoms with van der Waals surface area (Å²) >= 11 is 0. The van der Waals surface area contributed by atoms with Gasteiger partial charge in [0.25, 0.3) is 0 Å². The van der Waals surface area contributed by atoms with Crippen LogP contribution in [0.3, 0.4) is 0 Å². The molecule has 15 heavy (non-hydrogen) atoms. The Morgan fingerprint density at radius 1 is 1.33 bits per heavy atom. The van der Waals surface area contributed by atoms with E-state index in [1.807, 2.05) is 31.6 Å². The van der Waals surface area contributed by atoms with Crippen LogP contribution in [0.5, 0.6) is 0 Å². The minimum atomic E-state index is 0.896. The first-order valence-corrected chi connectivity index (χ1v) is 5.04. The normalized spacial score (nSPS) is 10.5. The lowest BCUT2D eigenvalue weighted by atomic mass is 10.2. The molecule has 0 radical (unpaired) electrons. The van der Waals surface area contributed by atoms with Crippen LogP contribution >= 0.6 is 0 Å². The van der Waals surface area contributed by atoms with Gasteiger partial charge in [0.05, 0.1) is 0 Å². The Hall–Kier alpha value is -1.61. The predicted octanol–water partition coefficient (Wildman–Crippen LogP) is 2.10. The highest BCUT2D eigenvalue weighted by Crippen LogP contribution is 2.20. The molecule has 78 valence electrons. The SMILES string of the molecule is CNCc1cc(-c2ccncc2)[nH]c1C. The molecule has 0 aliphatic heterocycles. The van der Waals surface area contributed by atoms with E-state index in [0.29, 0.717) is 0 Å². The molecule has 2 rings (SSSR count). The topological polar surface area (TPSA) is 40.7 Å². The number of aromatic nitrogens is 2. The summed E-state index contributed by atoms with van der Waals surface area (Å²) in [6, 6.07) is 6.20. The molecule has 2 N–H and O–H groups in total. The van der Waals surface area contributed by atoms with E-state index in [-0.39, 0.29) is 0 Å². The van der Waals surface area contributed by atoms with Crippen molar-refractivity contribution in [1.82, 2.24) is 15.3 Å². The number of nitrogens with one attached hydrogen (secondary N) is 2. The van der Waals surface area contributed by atoms with Crippen LogP contribution < -0.4 is 5.32 Å². The Balaban J connectivity index is 2.34. The molecule has 0 bridgehead atoms. The molecule has 0 saturated heterocycles. The standard InChI is InChI=1S/C12H15N3/c1-9-11(8-13-2)7-12(15-9)10-3-5-14-6-4-10/h3-7,13,15H,8H2,1-2H3. The van der Waals surface area contributed by atoms with E-state index < -0.39 is 0 Å². The first-order valence-electron chi connectivity index (χ1n) is 5.04. The zero-order valence-electron chi connectivity index (χ0n) is 9.04. The fourth-order valence-electron chi connectivity index (χ4n) is 1.66. The fraction of sp³-hybridized carbons (Fsp3) is 0.250. The molecule has 3 heteroatoms. The monoisotopic (exact) mass is 201 g/mol. The summed E-state index contributed by atoms with van der Waals surface area (Å²) in [5, 5.41) is 3.16. The van der Waals surface area contributed by atoms with Crippen molar-refractivity contribution in [2.24, 2.45) is 0 Å². The molecule has 0 fully saturated rings. The lowest BCUT2D eigenvalue weighted by molar-refractivity contribution is 0.812. The van der Waals surface area contributed by atoms with Crippen LogP contribution in [0.4, 0.5) is 0 Å². The smallest absolute Gasteiger partial charge is 0.0460 e. The maximum Gasteiger partial charge on any atom is 0.0460 e. The van der Waals surface area contributed by atoms with Crippen LogP contribution in [-0.4, -0.2) is 17.0 Å². The molecule has 0 aliphatic rings. The second-order valence-electron chi connectivity index (χ2n) is 3.60. The summed E-state index contributed by atoms with van der Waals surface area (Å²) in [5.74, 6) is 0. The van der Waals surface area contributed by atoms with Gasteiger partial charge in [0.1, 0.15) is 0 Å². The third-order valence-electron chi connectivity index (χ3n) is 2.48. The maximum atomic E-state index is 4.01. The second kappa shape index (κ2) is 4.28. The van der Waals surface area contributed by atoms with Crippen molar-refractivity contribution in [3.8, 4) is 11.3 Å². The maximum absolute atomic E-state index is 4.01. The lowest BCUT2D eigenvalue weighted by Gasteiger charge is -1.95. The van der Waals surface area contributed by atoms with Gasteiger partial charge in [-0.05, 0) is 37.7 Å². The molecule has 0 unspecified atom stereocenters. The summed E-state index contributed by atoms with van der Waals surface area (Å²) in [6.07, 6.45) is 3.62. The number of pyridine rings is 1. The van der Waals surface area contributed by atoms with Gasteiger partial charge in [-0.25, -0.2) is 0 Å². The van der Waals surface area contributed by atoms with Crippen molar-refractivity contribution < 1.29 is 0 Å². The van der Waals surface area contributed by atoms with E-state index in [2.05, 4.69) is 28.3 Å². The van der Waals surface area contributed by atoms with E-state index in [9.17, 15) is 0 Å². The number of rotatable bonds is 3. The number of hydrogen-bond acceptors (Lipinski definition) is 2. The van der Waals surface area contributed by atoms with Crippen molar-refractivity contribution in [3.05, 3.63) is 41.9 Å². The molecule has 0 aromatic carbocycles. The zero-order valence-corrected chi connectivity index (χ0v) is 9.04. The third kappa shape index (κ3) is 2.07. The highest BCUT2D eigenvalue weighted by Gasteiger charge is 2.04. The molecule has 2 heterocycles. The van der Waals surface area contributed by atoms with E-state index in [1.54, 1.807) is 0 Å². The van der Waals surface area contributed by atoms with Crippen LogP contribution in [0.2, 0.25) is 0 Å². The molecular formula is C12H15N3. The zero-order chi connectivity index (χ0) is 10.7. The van der Waals surface area contributed by atoms with Crippen LogP contribution in [0.1, 0.15) is 11.3 Å². The van der Waals surface area contributed by atoms with E-state index in [0.717, 1.165) is 12.2 Å². The van der Waals surface area contributed by atoms with Crippen LogP contribution in [0.25, 0.3) is 11.3 Å². The van der Waals surface area contributed by atoms with Crippen molar-refractivity contribution in [2.75, 3.05) is 7.05 Å². The molecule has 2 aromatic heterocycles. The van der Waals surface area contributed by atoms with Crippen LogP contribution in [-0.2, 0) is 6.54 Å². The van der Waals surface area contributed by atoms with E-state index >= 15 is 0 Å². The van der Waals surface area contributed by atoms with Gasteiger partial charge in [-0.3, -0.25) is 4.98 Å². The molecule has 0 aliphatic carbocycles. The number of hydrogen-bond donors (Lipinski definition) is 2. The van der Waals surface area contributed by atoms with Gasteiger partial charge in [0.15, 0.2) is 0 Å². The molecule has 3 nitrogen and oxygen atoms in total. The van der Waals surface area contributed by atoms with Crippen LogP contribution in [0.15, 0.2) is 30.6 Å². The summed E-state index contributed by atoms with van der Waals surface area (Å²) in [4.78, 5) is 7.39. The molecule has 0 saturated carbocycles.